The molecule has 0 amide bonds. The van der Waals surface area contributed by atoms with Crippen LogP contribution < -0.4 is 10.1 Å². The molecule has 0 aliphatic rings. The quantitative estimate of drug-likeness (QED) is 0.888. The molecule has 0 atom stereocenters. The largest absolute Gasteiger partial charge is 0.496 e. The fourth-order valence-corrected chi connectivity index (χ4v) is 2.60. The molecule has 0 fully saturated rings. The molecule has 0 aliphatic carbocycles. The van der Waals surface area contributed by atoms with Crippen molar-refractivity contribution in [1.29, 1.82) is 0 Å². The van der Waals surface area contributed by atoms with Gasteiger partial charge in [-0.2, -0.15) is 0 Å². The highest BCUT2D eigenvalue weighted by molar-refractivity contribution is 5.68. The molecule has 21 heavy (non-hydrogen) atoms. The van der Waals surface area contributed by atoms with Crippen molar-refractivity contribution in [1.82, 2.24) is 5.32 Å². The second kappa shape index (κ2) is 6.72. The van der Waals surface area contributed by atoms with Crippen molar-refractivity contribution in [2.24, 2.45) is 0 Å². The minimum absolute atomic E-state index is 0.195. The zero-order valence-electron chi connectivity index (χ0n) is 13.1. The number of benzene rings is 2. The average molecular weight is 287 g/mol. The standard InChI is InChI=1S/C18H22FNO/c1-5-20-11-14-6-7-17(19)16(10-14)15-8-12(2)18(21-4)13(3)9-15/h6-10,20H,5,11H2,1-4H3. The molecule has 2 nitrogen and oxygen atoms in total. The molecule has 0 radical (unpaired) electrons. The molecular formula is C18H22FNO. The summed E-state index contributed by atoms with van der Waals surface area (Å²) < 4.78 is 19.5. The number of nitrogens with one attached hydrogen (secondary N) is 1. The molecule has 0 saturated carbocycles. The van der Waals surface area contributed by atoms with Crippen molar-refractivity contribution in [2.75, 3.05) is 13.7 Å². The lowest BCUT2D eigenvalue weighted by molar-refractivity contribution is 0.408. The van der Waals surface area contributed by atoms with Gasteiger partial charge < -0.3 is 10.1 Å². The van der Waals surface area contributed by atoms with Gasteiger partial charge in [-0.3, -0.25) is 0 Å². The predicted octanol–water partition coefficient (Wildman–Crippen LogP) is 4.23. The van der Waals surface area contributed by atoms with Crippen LogP contribution >= 0.6 is 0 Å². The first kappa shape index (κ1) is 15.5. The van der Waals surface area contributed by atoms with Crippen molar-refractivity contribution in [2.45, 2.75) is 27.3 Å². The lowest BCUT2D eigenvalue weighted by atomic mass is 9.97. The molecule has 0 aromatic heterocycles. The molecule has 0 aliphatic heterocycles. The van der Waals surface area contributed by atoms with E-state index >= 15 is 0 Å². The summed E-state index contributed by atoms with van der Waals surface area (Å²) in [5, 5.41) is 3.26. The van der Waals surface area contributed by atoms with Gasteiger partial charge in [0.2, 0.25) is 0 Å². The molecule has 2 rings (SSSR count). The zero-order valence-corrected chi connectivity index (χ0v) is 13.1. The Bertz CT molecular complexity index is 614. The number of hydrogen-bond acceptors (Lipinski definition) is 2. The smallest absolute Gasteiger partial charge is 0.131 e. The maximum Gasteiger partial charge on any atom is 0.131 e. The molecule has 2 aromatic carbocycles. The van der Waals surface area contributed by atoms with E-state index in [1.807, 2.05) is 38.1 Å². The number of aryl methyl sites for hydroxylation is 2. The second-order valence-electron chi connectivity index (χ2n) is 5.24. The van der Waals surface area contributed by atoms with E-state index in [0.717, 1.165) is 41.1 Å². The van der Waals surface area contributed by atoms with Crippen molar-refractivity contribution in [3.8, 4) is 16.9 Å². The van der Waals surface area contributed by atoms with Gasteiger partial charge in [0.25, 0.3) is 0 Å². The van der Waals surface area contributed by atoms with Crippen LogP contribution in [-0.4, -0.2) is 13.7 Å². The van der Waals surface area contributed by atoms with Crippen molar-refractivity contribution < 1.29 is 9.13 Å². The summed E-state index contributed by atoms with van der Waals surface area (Å²) in [6.07, 6.45) is 0. The van der Waals surface area contributed by atoms with Gasteiger partial charge in [-0.25, -0.2) is 4.39 Å². The van der Waals surface area contributed by atoms with E-state index < -0.39 is 0 Å². The first-order valence-corrected chi connectivity index (χ1v) is 7.21. The molecule has 0 heterocycles. The van der Waals surface area contributed by atoms with E-state index in [1.54, 1.807) is 7.11 Å². The fourth-order valence-electron chi connectivity index (χ4n) is 2.60. The minimum Gasteiger partial charge on any atom is -0.496 e. The van der Waals surface area contributed by atoms with Crippen LogP contribution in [0.4, 0.5) is 4.39 Å². The van der Waals surface area contributed by atoms with Crippen molar-refractivity contribution in [3.05, 3.63) is 52.8 Å². The Hall–Kier alpha value is -1.87. The average Bonchev–Trinajstić information content (AvgIpc) is 2.46. The maximum absolute atomic E-state index is 14.2. The van der Waals surface area contributed by atoms with Gasteiger partial charge in [-0.1, -0.05) is 13.0 Å². The van der Waals surface area contributed by atoms with Gasteiger partial charge in [-0.15, -0.1) is 0 Å². The molecule has 0 unspecified atom stereocenters. The molecule has 0 spiro atoms. The number of hydrogen-bond donors (Lipinski definition) is 1. The van der Waals surface area contributed by atoms with Gasteiger partial charge in [-0.05, 0) is 66.9 Å². The fraction of sp³-hybridized carbons (Fsp3) is 0.333. The molecule has 2 aromatic rings. The first-order valence-electron chi connectivity index (χ1n) is 7.21. The molecule has 1 N–H and O–H groups in total. The van der Waals surface area contributed by atoms with E-state index in [0.29, 0.717) is 5.56 Å². The highest BCUT2D eigenvalue weighted by atomic mass is 19.1. The SMILES string of the molecule is CCNCc1ccc(F)c(-c2cc(C)c(OC)c(C)c2)c1. The highest BCUT2D eigenvalue weighted by Gasteiger charge is 2.11. The Balaban J connectivity index is 2.45. The first-order chi connectivity index (χ1) is 10.1. The molecule has 3 heteroatoms. The summed E-state index contributed by atoms with van der Waals surface area (Å²) in [4.78, 5) is 0. The Labute approximate surface area is 126 Å². The van der Waals surface area contributed by atoms with Crippen LogP contribution in [0.25, 0.3) is 11.1 Å². The third kappa shape index (κ3) is 3.42. The number of ether oxygens (including phenoxy) is 1. The Morgan fingerprint density at radius 2 is 1.76 bits per heavy atom. The molecular weight excluding hydrogens is 265 g/mol. The Morgan fingerprint density at radius 3 is 2.33 bits per heavy atom. The van der Waals surface area contributed by atoms with Gasteiger partial charge in [0, 0.05) is 12.1 Å². The Morgan fingerprint density at radius 1 is 1.10 bits per heavy atom. The number of methoxy groups -OCH3 is 1. The van der Waals surface area contributed by atoms with Crippen molar-refractivity contribution in [3.63, 3.8) is 0 Å². The van der Waals surface area contributed by atoms with Gasteiger partial charge in [0.05, 0.1) is 7.11 Å². The number of rotatable bonds is 5. The lowest BCUT2D eigenvalue weighted by Gasteiger charge is -2.13. The molecule has 112 valence electrons. The predicted molar refractivity (Wildman–Crippen MR) is 85.2 cm³/mol. The Kier molecular flexibility index (Phi) is 4.97. The van der Waals surface area contributed by atoms with Gasteiger partial charge in [0.1, 0.15) is 11.6 Å². The highest BCUT2D eigenvalue weighted by Crippen LogP contribution is 2.31. The lowest BCUT2D eigenvalue weighted by Crippen LogP contribution is -2.11. The zero-order chi connectivity index (χ0) is 15.4. The molecule has 0 saturated heterocycles. The van der Waals surface area contributed by atoms with Crippen LogP contribution in [0, 0.1) is 19.7 Å². The van der Waals surface area contributed by atoms with Crippen LogP contribution in [0.15, 0.2) is 30.3 Å². The van der Waals surface area contributed by atoms with E-state index in [-0.39, 0.29) is 5.82 Å². The second-order valence-corrected chi connectivity index (χ2v) is 5.24. The topological polar surface area (TPSA) is 21.3 Å². The monoisotopic (exact) mass is 287 g/mol. The van der Waals surface area contributed by atoms with Crippen LogP contribution in [0.2, 0.25) is 0 Å². The summed E-state index contributed by atoms with van der Waals surface area (Å²) in [6.45, 7) is 7.66. The van der Waals surface area contributed by atoms with Crippen LogP contribution in [0.5, 0.6) is 5.75 Å². The van der Waals surface area contributed by atoms with E-state index in [4.69, 9.17) is 4.74 Å². The summed E-state index contributed by atoms with van der Waals surface area (Å²) in [6, 6.07) is 9.23. The van der Waals surface area contributed by atoms with E-state index in [9.17, 15) is 4.39 Å². The van der Waals surface area contributed by atoms with Crippen molar-refractivity contribution >= 4 is 0 Å². The van der Waals surface area contributed by atoms with Gasteiger partial charge in [0.15, 0.2) is 0 Å². The third-order valence-corrected chi connectivity index (χ3v) is 3.59. The summed E-state index contributed by atoms with van der Waals surface area (Å²) >= 11 is 0. The van der Waals surface area contributed by atoms with Crippen LogP contribution in [0.3, 0.4) is 0 Å². The normalized spacial score (nSPS) is 10.7. The minimum atomic E-state index is -0.195. The van der Waals surface area contributed by atoms with E-state index in [1.165, 1.54) is 6.07 Å². The third-order valence-electron chi connectivity index (χ3n) is 3.59. The summed E-state index contributed by atoms with van der Waals surface area (Å²) in [5.41, 5.74) is 4.65. The van der Waals surface area contributed by atoms with Crippen LogP contribution in [-0.2, 0) is 6.54 Å². The summed E-state index contributed by atoms with van der Waals surface area (Å²) in [5.74, 6) is 0.669. The molecule has 0 bridgehead atoms. The maximum atomic E-state index is 14.2. The summed E-state index contributed by atoms with van der Waals surface area (Å²) in [7, 11) is 1.66. The van der Waals surface area contributed by atoms with Gasteiger partial charge >= 0.3 is 0 Å². The van der Waals surface area contributed by atoms with Crippen LogP contribution in [0.1, 0.15) is 23.6 Å². The number of halogens is 1. The van der Waals surface area contributed by atoms with E-state index in [2.05, 4.69) is 12.2 Å².